The van der Waals surface area contributed by atoms with Crippen LogP contribution in [-0.4, -0.2) is 20.5 Å². The quantitative estimate of drug-likeness (QED) is 0.816. The van der Waals surface area contributed by atoms with Crippen molar-refractivity contribution in [2.24, 2.45) is 0 Å². The van der Waals surface area contributed by atoms with Gasteiger partial charge < -0.3 is 0 Å². The van der Waals surface area contributed by atoms with Gasteiger partial charge in [0.15, 0.2) is 5.78 Å². The fraction of sp³-hybridized carbons (Fsp3) is 0.250. The summed E-state index contributed by atoms with van der Waals surface area (Å²) in [6.45, 7) is 2.53. The summed E-state index contributed by atoms with van der Waals surface area (Å²) in [5.74, 6) is -0.288. The van der Waals surface area contributed by atoms with Gasteiger partial charge in [-0.25, -0.2) is 14.1 Å². The predicted molar refractivity (Wildman–Crippen MR) is 67.8 cm³/mol. The zero-order valence-corrected chi connectivity index (χ0v) is 11.3. The number of Topliss-reactive ketones (excluding diaryl/α,β-unsaturated/α-hetero) is 1. The zero-order valence-electron chi connectivity index (χ0n) is 9.73. The molecule has 94 valence electrons. The Hall–Kier alpha value is -1.56. The second kappa shape index (κ2) is 5.39. The van der Waals surface area contributed by atoms with Gasteiger partial charge in [-0.3, -0.25) is 4.79 Å². The first-order chi connectivity index (χ1) is 8.61. The lowest BCUT2D eigenvalue weighted by atomic mass is 10.1. The Morgan fingerprint density at radius 2 is 2.28 bits per heavy atom. The number of benzene rings is 1. The van der Waals surface area contributed by atoms with Crippen LogP contribution in [0.2, 0.25) is 0 Å². The van der Waals surface area contributed by atoms with E-state index in [1.165, 1.54) is 18.5 Å². The number of carbonyl (C=O) groups is 1. The normalized spacial score (nSPS) is 10.6. The van der Waals surface area contributed by atoms with Gasteiger partial charge in [0.1, 0.15) is 18.0 Å². The molecule has 0 amide bonds. The van der Waals surface area contributed by atoms with Gasteiger partial charge in [0.25, 0.3) is 0 Å². The molecule has 0 fully saturated rings. The lowest BCUT2D eigenvalue weighted by molar-refractivity contribution is 0.0985. The number of hydrogen-bond acceptors (Lipinski definition) is 3. The molecule has 0 saturated carbocycles. The summed E-state index contributed by atoms with van der Waals surface area (Å²) in [4.78, 5) is 16.0. The third-order valence-corrected chi connectivity index (χ3v) is 3.04. The van der Waals surface area contributed by atoms with Gasteiger partial charge in [0.2, 0.25) is 0 Å². The minimum Gasteiger partial charge on any atom is -0.294 e. The van der Waals surface area contributed by atoms with Crippen molar-refractivity contribution in [3.8, 4) is 0 Å². The molecule has 1 aromatic heterocycles. The van der Waals surface area contributed by atoms with Gasteiger partial charge in [0.05, 0.1) is 12.0 Å². The highest BCUT2D eigenvalue weighted by Gasteiger charge is 2.15. The standard InChI is InChI=1S/C12H11BrFN3O/c1-2-17-12(15-7-16-17)6-11(18)9-5-8(13)3-4-10(9)14/h3-5,7H,2,6H2,1H3. The van der Waals surface area contributed by atoms with E-state index >= 15 is 0 Å². The van der Waals surface area contributed by atoms with E-state index in [4.69, 9.17) is 0 Å². The minimum absolute atomic E-state index is 0.0429. The number of aryl methyl sites for hydroxylation is 1. The van der Waals surface area contributed by atoms with Crippen LogP contribution in [-0.2, 0) is 13.0 Å². The maximum Gasteiger partial charge on any atom is 0.173 e. The van der Waals surface area contributed by atoms with Crippen molar-refractivity contribution in [3.05, 3.63) is 46.2 Å². The largest absolute Gasteiger partial charge is 0.294 e. The monoisotopic (exact) mass is 311 g/mol. The van der Waals surface area contributed by atoms with E-state index in [0.717, 1.165) is 0 Å². The molecule has 2 aromatic rings. The van der Waals surface area contributed by atoms with Crippen molar-refractivity contribution in [1.82, 2.24) is 14.8 Å². The van der Waals surface area contributed by atoms with Gasteiger partial charge in [-0.2, -0.15) is 5.10 Å². The van der Waals surface area contributed by atoms with Gasteiger partial charge in [-0.05, 0) is 25.1 Å². The van der Waals surface area contributed by atoms with E-state index in [1.807, 2.05) is 6.92 Å². The fourth-order valence-electron chi connectivity index (χ4n) is 1.64. The van der Waals surface area contributed by atoms with E-state index < -0.39 is 5.82 Å². The third kappa shape index (κ3) is 2.64. The second-order valence-electron chi connectivity index (χ2n) is 3.72. The average Bonchev–Trinajstić information content (AvgIpc) is 2.79. The molecular weight excluding hydrogens is 301 g/mol. The van der Waals surface area contributed by atoms with Crippen molar-refractivity contribution >= 4 is 21.7 Å². The summed E-state index contributed by atoms with van der Waals surface area (Å²) in [5, 5.41) is 3.97. The first kappa shape index (κ1) is 12.9. The molecule has 0 saturated heterocycles. The molecule has 0 aliphatic rings. The first-order valence-corrected chi connectivity index (χ1v) is 6.26. The van der Waals surface area contributed by atoms with Crippen LogP contribution in [0.4, 0.5) is 4.39 Å². The molecule has 2 rings (SSSR count). The highest BCUT2D eigenvalue weighted by Crippen LogP contribution is 2.17. The maximum atomic E-state index is 13.5. The van der Waals surface area contributed by atoms with Crippen LogP contribution in [0.1, 0.15) is 23.1 Å². The molecule has 0 radical (unpaired) electrons. The molecule has 0 atom stereocenters. The zero-order chi connectivity index (χ0) is 13.1. The number of carbonyl (C=O) groups excluding carboxylic acids is 1. The molecule has 0 bridgehead atoms. The summed E-state index contributed by atoms with van der Waals surface area (Å²) >= 11 is 3.22. The Morgan fingerprint density at radius 3 is 3.00 bits per heavy atom. The van der Waals surface area contributed by atoms with Crippen LogP contribution in [0.3, 0.4) is 0 Å². The topological polar surface area (TPSA) is 47.8 Å². The Kier molecular flexibility index (Phi) is 3.86. The molecule has 0 unspecified atom stereocenters. The first-order valence-electron chi connectivity index (χ1n) is 5.46. The number of ketones is 1. The van der Waals surface area contributed by atoms with Crippen LogP contribution >= 0.6 is 15.9 Å². The number of aromatic nitrogens is 3. The maximum absolute atomic E-state index is 13.5. The van der Waals surface area contributed by atoms with E-state index in [1.54, 1.807) is 10.7 Å². The van der Waals surface area contributed by atoms with Crippen LogP contribution < -0.4 is 0 Å². The Labute approximate surface area is 112 Å². The number of nitrogens with zero attached hydrogens (tertiary/aromatic N) is 3. The van der Waals surface area contributed by atoms with E-state index in [-0.39, 0.29) is 17.8 Å². The number of hydrogen-bond donors (Lipinski definition) is 0. The highest BCUT2D eigenvalue weighted by atomic mass is 79.9. The summed E-state index contributed by atoms with van der Waals surface area (Å²) in [7, 11) is 0. The lowest BCUT2D eigenvalue weighted by Gasteiger charge is -2.04. The Morgan fingerprint density at radius 1 is 1.50 bits per heavy atom. The number of rotatable bonds is 4. The molecule has 18 heavy (non-hydrogen) atoms. The van der Waals surface area contributed by atoms with E-state index in [2.05, 4.69) is 26.0 Å². The predicted octanol–water partition coefficient (Wildman–Crippen LogP) is 2.63. The van der Waals surface area contributed by atoms with Gasteiger partial charge in [0, 0.05) is 11.0 Å². The summed E-state index contributed by atoms with van der Waals surface area (Å²) in [6.07, 6.45) is 1.44. The van der Waals surface area contributed by atoms with Crippen molar-refractivity contribution < 1.29 is 9.18 Å². The van der Waals surface area contributed by atoms with Gasteiger partial charge >= 0.3 is 0 Å². The van der Waals surface area contributed by atoms with E-state index in [9.17, 15) is 9.18 Å². The smallest absolute Gasteiger partial charge is 0.173 e. The van der Waals surface area contributed by atoms with Crippen LogP contribution in [0.15, 0.2) is 29.0 Å². The van der Waals surface area contributed by atoms with Crippen molar-refractivity contribution in [2.75, 3.05) is 0 Å². The number of halogens is 2. The SMILES string of the molecule is CCn1ncnc1CC(=O)c1cc(Br)ccc1F. The lowest BCUT2D eigenvalue weighted by Crippen LogP contribution is -2.12. The summed E-state index contributed by atoms with van der Waals surface area (Å²) in [6, 6.07) is 4.30. The van der Waals surface area contributed by atoms with Crippen LogP contribution in [0.25, 0.3) is 0 Å². The molecule has 6 heteroatoms. The molecule has 0 aliphatic carbocycles. The average molecular weight is 312 g/mol. The Balaban J connectivity index is 2.25. The van der Waals surface area contributed by atoms with Crippen LogP contribution in [0.5, 0.6) is 0 Å². The fourth-order valence-corrected chi connectivity index (χ4v) is 2.00. The van der Waals surface area contributed by atoms with Gasteiger partial charge in [-0.15, -0.1) is 0 Å². The summed E-state index contributed by atoms with van der Waals surface area (Å²) in [5.41, 5.74) is 0.0648. The molecule has 0 spiro atoms. The molecule has 1 aromatic carbocycles. The van der Waals surface area contributed by atoms with Crippen molar-refractivity contribution in [1.29, 1.82) is 0 Å². The van der Waals surface area contributed by atoms with Gasteiger partial charge in [-0.1, -0.05) is 15.9 Å². The van der Waals surface area contributed by atoms with Crippen LogP contribution in [0, 0.1) is 5.82 Å². The Bertz CT molecular complexity index is 582. The molecule has 4 nitrogen and oxygen atoms in total. The molecular formula is C12H11BrFN3O. The molecule has 1 heterocycles. The highest BCUT2D eigenvalue weighted by molar-refractivity contribution is 9.10. The molecule has 0 aliphatic heterocycles. The molecule has 0 N–H and O–H groups in total. The van der Waals surface area contributed by atoms with Crippen molar-refractivity contribution in [2.45, 2.75) is 19.9 Å². The minimum atomic E-state index is -0.522. The summed E-state index contributed by atoms with van der Waals surface area (Å²) < 4.78 is 15.8. The van der Waals surface area contributed by atoms with E-state index in [0.29, 0.717) is 16.8 Å². The third-order valence-electron chi connectivity index (χ3n) is 2.54. The second-order valence-corrected chi connectivity index (χ2v) is 4.63. The van der Waals surface area contributed by atoms with Crippen molar-refractivity contribution in [3.63, 3.8) is 0 Å².